The first-order valence-corrected chi connectivity index (χ1v) is 9.80. The number of fused-ring (bicyclic) bond motifs is 3. The highest BCUT2D eigenvalue weighted by molar-refractivity contribution is 5.96. The summed E-state index contributed by atoms with van der Waals surface area (Å²) in [5, 5.41) is 2.67. The van der Waals surface area contributed by atoms with Crippen LogP contribution in [0.2, 0.25) is 0 Å². The van der Waals surface area contributed by atoms with Gasteiger partial charge in [-0.3, -0.25) is 9.78 Å². The van der Waals surface area contributed by atoms with E-state index < -0.39 is 23.6 Å². The number of nitrogens with one attached hydrogen (secondary N) is 1. The summed E-state index contributed by atoms with van der Waals surface area (Å²) in [4.78, 5) is 16.7. The normalized spacial score (nSPS) is 15.7. The number of nitrogens with zero attached hydrogens (tertiary/aromatic N) is 1. The Kier molecular flexibility index (Phi) is 6.42. The zero-order valence-electron chi connectivity index (χ0n) is 16.8. The Morgan fingerprint density at radius 3 is 2.76 bits per heavy atom. The van der Waals surface area contributed by atoms with E-state index in [0.29, 0.717) is 24.3 Å². The minimum Gasteiger partial charge on any atom is -0.488 e. The summed E-state index contributed by atoms with van der Waals surface area (Å²) in [6.07, 6.45) is 5.31. The van der Waals surface area contributed by atoms with Gasteiger partial charge in [0.15, 0.2) is 0 Å². The molecule has 0 spiro atoms. The Morgan fingerprint density at radius 1 is 1.21 bits per heavy atom. The number of carbonyl (C=O) groups is 1. The molecule has 4 nitrogen and oxygen atoms in total. The summed E-state index contributed by atoms with van der Waals surface area (Å²) in [5.74, 6) is -0.927. The quantitative estimate of drug-likeness (QED) is 0.726. The van der Waals surface area contributed by atoms with E-state index in [2.05, 4.69) is 10.3 Å². The van der Waals surface area contributed by atoms with Crippen LogP contribution in [0.5, 0.6) is 5.75 Å². The van der Waals surface area contributed by atoms with Gasteiger partial charge in [-0.05, 0) is 49.2 Å². The molecule has 2 aromatic rings. The first kappa shape index (κ1) is 20.7. The molecule has 4 rings (SSSR count). The van der Waals surface area contributed by atoms with Crippen molar-refractivity contribution in [2.45, 2.75) is 46.3 Å². The molecule has 1 aromatic carbocycles. The van der Waals surface area contributed by atoms with Crippen LogP contribution in [-0.4, -0.2) is 16.9 Å². The van der Waals surface area contributed by atoms with E-state index in [1.165, 1.54) is 6.08 Å². The highest BCUT2D eigenvalue weighted by atomic mass is 19.1. The fraction of sp³-hybridized carbons (Fsp3) is 0.304. The third kappa shape index (κ3) is 4.21. The first-order chi connectivity index (χ1) is 14.0. The molecule has 1 atom stereocenters. The fourth-order valence-corrected chi connectivity index (χ4v) is 3.46. The molecule has 1 unspecified atom stereocenters. The van der Waals surface area contributed by atoms with Gasteiger partial charge >= 0.3 is 0 Å². The lowest BCUT2D eigenvalue weighted by Crippen LogP contribution is -2.35. The van der Waals surface area contributed by atoms with Gasteiger partial charge in [-0.1, -0.05) is 13.8 Å². The Morgan fingerprint density at radius 2 is 2.00 bits per heavy atom. The smallest absolute Gasteiger partial charge is 0.251 e. The van der Waals surface area contributed by atoms with Gasteiger partial charge in [-0.2, -0.15) is 0 Å². The number of hydrogen-bond donors (Lipinski definition) is 1. The average Bonchev–Trinajstić information content (AvgIpc) is 2.74. The molecule has 0 bridgehead atoms. The monoisotopic (exact) mass is 398 g/mol. The van der Waals surface area contributed by atoms with Gasteiger partial charge in [0.2, 0.25) is 0 Å². The maximum atomic E-state index is 14.0. The molecule has 1 amide bonds. The molecule has 2 aliphatic rings. The summed E-state index contributed by atoms with van der Waals surface area (Å²) >= 11 is 0. The summed E-state index contributed by atoms with van der Waals surface area (Å²) in [5.41, 5.74) is 3.19. The Labute approximate surface area is 169 Å². The molecule has 152 valence electrons. The highest BCUT2D eigenvalue weighted by Crippen LogP contribution is 2.37. The predicted octanol–water partition coefficient (Wildman–Crippen LogP) is 5.66. The molecular weight excluding hydrogens is 374 g/mol. The number of halogens is 2. The molecule has 1 aliphatic carbocycles. The molecule has 1 aromatic heterocycles. The van der Waals surface area contributed by atoms with E-state index in [4.69, 9.17) is 4.74 Å². The number of rotatable bonds is 3. The zero-order chi connectivity index (χ0) is 21.0. The van der Waals surface area contributed by atoms with E-state index >= 15 is 0 Å². The second kappa shape index (κ2) is 8.99. The van der Waals surface area contributed by atoms with Gasteiger partial charge in [0.05, 0.1) is 6.04 Å². The first-order valence-electron chi connectivity index (χ1n) is 9.80. The van der Waals surface area contributed by atoms with Crippen LogP contribution in [0.15, 0.2) is 60.0 Å². The van der Waals surface area contributed by atoms with E-state index in [1.54, 1.807) is 31.5 Å². The molecule has 2 heterocycles. The van der Waals surface area contributed by atoms with Crippen LogP contribution in [0.1, 0.15) is 49.5 Å². The fourth-order valence-electron chi connectivity index (χ4n) is 3.46. The topological polar surface area (TPSA) is 51.2 Å². The number of amides is 1. The number of allylic oxidation sites excluding steroid dienone is 2. The van der Waals surface area contributed by atoms with Crippen LogP contribution >= 0.6 is 0 Å². The van der Waals surface area contributed by atoms with Gasteiger partial charge in [0.25, 0.3) is 5.91 Å². The number of aromatic nitrogens is 1. The van der Waals surface area contributed by atoms with Crippen molar-refractivity contribution < 1.29 is 18.3 Å². The molecule has 0 fully saturated rings. The van der Waals surface area contributed by atoms with Gasteiger partial charge in [-0.25, -0.2) is 8.78 Å². The standard InChI is InChI=1S/C21H18F2N2O2.C2H6/c1-12(20-17(22)3-2-4-18(20)23)25-21(26)13-5-6-16-15-7-8-24-10-14(15)11-27-19(16)9-13;1-2/h3,5-10,12H,2,4,11H2,1H3,(H,25,26);1-2H3. The van der Waals surface area contributed by atoms with Crippen molar-refractivity contribution >= 4 is 5.91 Å². The SMILES string of the molecule is CC.CC(NC(=O)c1ccc2c(c1)OCc1cnccc1-2)C1=C(F)CCC=C1F. The van der Waals surface area contributed by atoms with Crippen molar-refractivity contribution in [1.82, 2.24) is 10.3 Å². The van der Waals surface area contributed by atoms with Crippen molar-refractivity contribution in [3.05, 3.63) is 71.1 Å². The van der Waals surface area contributed by atoms with Crippen molar-refractivity contribution in [2.24, 2.45) is 0 Å². The second-order valence-electron chi connectivity index (χ2n) is 6.64. The van der Waals surface area contributed by atoms with Crippen LogP contribution in [0.4, 0.5) is 8.78 Å². The number of ether oxygens (including phenoxy) is 1. The van der Waals surface area contributed by atoms with E-state index in [1.807, 2.05) is 26.0 Å². The molecule has 1 aliphatic heterocycles. The molecule has 1 N–H and O–H groups in total. The molecule has 6 heteroatoms. The maximum absolute atomic E-state index is 14.0. The molecule has 0 saturated heterocycles. The maximum Gasteiger partial charge on any atom is 0.251 e. The van der Waals surface area contributed by atoms with Crippen LogP contribution in [0, 0.1) is 0 Å². The number of carbonyl (C=O) groups excluding carboxylic acids is 1. The second-order valence-corrected chi connectivity index (χ2v) is 6.64. The Bertz CT molecular complexity index is 983. The van der Waals surface area contributed by atoms with Gasteiger partial charge in [0, 0.05) is 41.1 Å². The minimum atomic E-state index is -0.766. The third-order valence-electron chi connectivity index (χ3n) is 4.84. The highest BCUT2D eigenvalue weighted by Gasteiger charge is 2.24. The van der Waals surface area contributed by atoms with Crippen molar-refractivity contribution in [2.75, 3.05) is 0 Å². The number of pyridine rings is 1. The third-order valence-corrected chi connectivity index (χ3v) is 4.84. The summed E-state index contributed by atoms with van der Waals surface area (Å²) < 4.78 is 33.7. The van der Waals surface area contributed by atoms with Crippen LogP contribution < -0.4 is 10.1 Å². The molecule has 0 radical (unpaired) electrons. The van der Waals surface area contributed by atoms with Crippen molar-refractivity contribution in [1.29, 1.82) is 0 Å². The average molecular weight is 398 g/mol. The number of benzene rings is 1. The largest absolute Gasteiger partial charge is 0.488 e. The zero-order valence-corrected chi connectivity index (χ0v) is 16.8. The van der Waals surface area contributed by atoms with Crippen molar-refractivity contribution in [3.8, 4) is 16.9 Å². The Balaban J connectivity index is 0.00000117. The van der Waals surface area contributed by atoms with Crippen LogP contribution in [-0.2, 0) is 6.61 Å². The minimum absolute atomic E-state index is 0.0785. The van der Waals surface area contributed by atoms with Gasteiger partial charge in [0.1, 0.15) is 24.0 Å². The van der Waals surface area contributed by atoms with Crippen molar-refractivity contribution in [3.63, 3.8) is 0 Å². The predicted molar refractivity (Wildman–Crippen MR) is 109 cm³/mol. The van der Waals surface area contributed by atoms with Gasteiger partial charge in [-0.15, -0.1) is 0 Å². The molecular formula is C23H24F2N2O2. The lowest BCUT2D eigenvalue weighted by molar-refractivity contribution is 0.0944. The van der Waals surface area contributed by atoms with Crippen LogP contribution in [0.25, 0.3) is 11.1 Å². The molecule has 0 saturated carbocycles. The lowest BCUT2D eigenvalue weighted by Gasteiger charge is -2.22. The van der Waals surface area contributed by atoms with Gasteiger partial charge < -0.3 is 10.1 Å². The summed E-state index contributed by atoms with van der Waals surface area (Å²) in [6, 6.07) is 6.29. The van der Waals surface area contributed by atoms with E-state index in [9.17, 15) is 13.6 Å². The summed E-state index contributed by atoms with van der Waals surface area (Å²) in [6.45, 7) is 5.95. The Hall–Kier alpha value is -3.02. The van der Waals surface area contributed by atoms with E-state index in [-0.39, 0.29) is 12.0 Å². The lowest BCUT2D eigenvalue weighted by atomic mass is 9.96. The number of hydrogen-bond acceptors (Lipinski definition) is 3. The van der Waals surface area contributed by atoms with E-state index in [0.717, 1.165) is 16.7 Å². The molecule has 29 heavy (non-hydrogen) atoms. The summed E-state index contributed by atoms with van der Waals surface area (Å²) in [7, 11) is 0. The van der Waals surface area contributed by atoms with Crippen LogP contribution in [0.3, 0.4) is 0 Å².